The van der Waals surface area contributed by atoms with Gasteiger partial charge in [0.05, 0.1) is 23.8 Å². The predicted molar refractivity (Wildman–Crippen MR) is 103 cm³/mol. The van der Waals surface area contributed by atoms with E-state index in [1.807, 2.05) is 12.1 Å². The van der Waals surface area contributed by atoms with E-state index in [4.69, 9.17) is 21.1 Å². The van der Waals surface area contributed by atoms with Gasteiger partial charge >= 0.3 is 0 Å². The molecule has 1 fully saturated rings. The first-order valence-electron chi connectivity index (χ1n) is 8.88. The average Bonchev–Trinajstić information content (AvgIpc) is 3.17. The number of ether oxygens (including phenoxy) is 2. The molecule has 1 aliphatic rings. The van der Waals surface area contributed by atoms with E-state index in [0.29, 0.717) is 18.1 Å². The lowest BCUT2D eigenvalue weighted by molar-refractivity contribution is 0.141. The number of fused-ring (bicyclic) bond motifs is 1. The summed E-state index contributed by atoms with van der Waals surface area (Å²) in [6.07, 6.45) is 3.27. The Balaban J connectivity index is 1.70. The van der Waals surface area contributed by atoms with Gasteiger partial charge in [0.2, 0.25) is 0 Å². The Morgan fingerprint density at radius 1 is 1.30 bits per heavy atom. The summed E-state index contributed by atoms with van der Waals surface area (Å²) in [5, 5.41) is 4.12. The van der Waals surface area contributed by atoms with Crippen molar-refractivity contribution in [2.24, 2.45) is 0 Å². The maximum absolute atomic E-state index is 13.4. The molecule has 2 heterocycles. The second kappa shape index (κ2) is 7.66. The molecule has 4 rings (SSSR count). The van der Waals surface area contributed by atoms with Crippen molar-refractivity contribution < 1.29 is 13.9 Å². The van der Waals surface area contributed by atoms with Crippen molar-refractivity contribution in [1.29, 1.82) is 0 Å². The largest absolute Gasteiger partial charge is 0.488 e. The number of aromatic nitrogens is 2. The highest BCUT2D eigenvalue weighted by molar-refractivity contribution is 6.31. The van der Waals surface area contributed by atoms with Gasteiger partial charge in [-0.25, -0.2) is 14.4 Å². The lowest BCUT2D eigenvalue weighted by Gasteiger charge is -2.17. The van der Waals surface area contributed by atoms with Crippen LogP contribution < -0.4 is 10.1 Å². The lowest BCUT2D eigenvalue weighted by atomic mass is 10.1. The van der Waals surface area contributed by atoms with Crippen molar-refractivity contribution in [3.05, 3.63) is 53.1 Å². The normalized spacial score (nSPS) is 16.6. The number of halogens is 2. The van der Waals surface area contributed by atoms with E-state index in [1.54, 1.807) is 6.07 Å². The van der Waals surface area contributed by atoms with Crippen LogP contribution in [-0.4, -0.2) is 29.3 Å². The van der Waals surface area contributed by atoms with Crippen molar-refractivity contribution in [2.45, 2.75) is 25.9 Å². The van der Waals surface area contributed by atoms with Crippen LogP contribution in [0.4, 0.5) is 15.9 Å². The minimum atomic E-state index is -0.458. The first-order chi connectivity index (χ1) is 13.1. The van der Waals surface area contributed by atoms with Crippen molar-refractivity contribution in [2.75, 3.05) is 18.5 Å². The molecule has 2 aromatic carbocycles. The maximum atomic E-state index is 13.4. The average molecular weight is 388 g/mol. The Morgan fingerprint density at radius 3 is 2.93 bits per heavy atom. The van der Waals surface area contributed by atoms with Crippen LogP contribution >= 0.6 is 11.6 Å². The van der Waals surface area contributed by atoms with Gasteiger partial charge in [-0.05, 0) is 36.2 Å². The molecule has 5 nitrogen and oxygen atoms in total. The van der Waals surface area contributed by atoms with E-state index in [9.17, 15) is 4.39 Å². The maximum Gasteiger partial charge on any atom is 0.141 e. The zero-order chi connectivity index (χ0) is 18.8. The Kier molecular flexibility index (Phi) is 5.09. The number of benzene rings is 2. The van der Waals surface area contributed by atoms with Crippen LogP contribution in [0.2, 0.25) is 5.02 Å². The summed E-state index contributed by atoms with van der Waals surface area (Å²) in [4.78, 5) is 8.72. The van der Waals surface area contributed by atoms with Gasteiger partial charge in [0.15, 0.2) is 0 Å². The number of nitrogens with zero attached hydrogens (tertiary/aromatic N) is 2. The minimum Gasteiger partial charge on any atom is -0.488 e. The van der Waals surface area contributed by atoms with Gasteiger partial charge in [-0.15, -0.1) is 0 Å². The number of aryl methyl sites for hydroxylation is 1. The number of nitrogens with one attached hydrogen (secondary N) is 1. The van der Waals surface area contributed by atoms with E-state index in [2.05, 4.69) is 22.2 Å². The number of hydrogen-bond donors (Lipinski definition) is 1. The van der Waals surface area contributed by atoms with Crippen LogP contribution in [0.3, 0.4) is 0 Å². The summed E-state index contributed by atoms with van der Waals surface area (Å²) in [5.74, 6) is 1.00. The molecule has 0 spiro atoms. The third-order valence-corrected chi connectivity index (χ3v) is 4.85. The van der Waals surface area contributed by atoms with Crippen LogP contribution in [0.25, 0.3) is 10.9 Å². The van der Waals surface area contributed by atoms with Crippen molar-refractivity contribution in [3.8, 4) is 5.75 Å². The molecule has 1 aliphatic heterocycles. The first kappa shape index (κ1) is 17.9. The van der Waals surface area contributed by atoms with Gasteiger partial charge in [0, 0.05) is 23.6 Å². The van der Waals surface area contributed by atoms with Crippen LogP contribution in [0.15, 0.2) is 36.7 Å². The molecule has 0 aliphatic carbocycles. The van der Waals surface area contributed by atoms with Crippen molar-refractivity contribution in [3.63, 3.8) is 0 Å². The highest BCUT2D eigenvalue weighted by atomic mass is 35.5. The third kappa shape index (κ3) is 3.82. The molecule has 0 amide bonds. The summed E-state index contributed by atoms with van der Waals surface area (Å²) in [5.41, 5.74) is 2.50. The second-order valence-electron chi connectivity index (χ2n) is 6.41. The van der Waals surface area contributed by atoms with Gasteiger partial charge in [0.1, 0.15) is 29.8 Å². The summed E-state index contributed by atoms with van der Waals surface area (Å²) in [6.45, 7) is 3.43. The van der Waals surface area contributed by atoms with Crippen LogP contribution in [0.1, 0.15) is 18.9 Å². The fraction of sp³-hybridized carbons (Fsp3) is 0.300. The highest BCUT2D eigenvalue weighted by Gasteiger charge is 2.19. The fourth-order valence-corrected chi connectivity index (χ4v) is 3.29. The van der Waals surface area contributed by atoms with Gasteiger partial charge in [-0.1, -0.05) is 18.5 Å². The zero-order valence-electron chi connectivity index (χ0n) is 14.8. The topological polar surface area (TPSA) is 56.3 Å². The number of anilines is 2. The zero-order valence-corrected chi connectivity index (χ0v) is 15.6. The smallest absolute Gasteiger partial charge is 0.141 e. The summed E-state index contributed by atoms with van der Waals surface area (Å²) in [7, 11) is 0. The molecule has 140 valence electrons. The van der Waals surface area contributed by atoms with E-state index in [1.165, 1.54) is 18.5 Å². The van der Waals surface area contributed by atoms with Crippen molar-refractivity contribution >= 4 is 34.0 Å². The molecule has 1 aromatic heterocycles. The monoisotopic (exact) mass is 387 g/mol. The summed E-state index contributed by atoms with van der Waals surface area (Å²) < 4.78 is 24.9. The molecule has 0 unspecified atom stereocenters. The van der Waals surface area contributed by atoms with Gasteiger partial charge in [-0.3, -0.25) is 0 Å². The minimum absolute atomic E-state index is 0.0575. The Morgan fingerprint density at radius 2 is 2.19 bits per heavy atom. The van der Waals surface area contributed by atoms with E-state index in [-0.39, 0.29) is 11.1 Å². The first-order valence-corrected chi connectivity index (χ1v) is 9.26. The molecule has 0 bridgehead atoms. The van der Waals surface area contributed by atoms with E-state index in [0.717, 1.165) is 41.7 Å². The Labute approximate surface area is 161 Å². The molecular formula is C20H19ClFN3O2. The van der Waals surface area contributed by atoms with E-state index >= 15 is 0 Å². The lowest BCUT2D eigenvalue weighted by Crippen LogP contribution is -2.16. The predicted octanol–water partition coefficient (Wildman–Crippen LogP) is 4.90. The molecule has 7 heteroatoms. The standard InChI is InChI=1S/C20H19ClFN3O2/c1-2-12-7-15-18(9-19(12)27-14-5-6-26-10-14)23-11-24-20(15)25-13-3-4-17(22)16(21)8-13/h3-4,7-9,11,14H,2,5-6,10H2,1H3,(H,23,24,25)/t14-/m0/s1. The summed E-state index contributed by atoms with van der Waals surface area (Å²) >= 11 is 5.87. The number of rotatable bonds is 5. The molecule has 0 saturated carbocycles. The molecule has 3 aromatic rings. The Bertz CT molecular complexity index is 977. The molecule has 27 heavy (non-hydrogen) atoms. The molecule has 1 saturated heterocycles. The number of hydrogen-bond acceptors (Lipinski definition) is 5. The third-order valence-electron chi connectivity index (χ3n) is 4.56. The SMILES string of the molecule is CCc1cc2c(Nc3ccc(F)c(Cl)c3)ncnc2cc1O[C@H]1CCOC1. The molecule has 1 N–H and O–H groups in total. The Hall–Kier alpha value is -2.44. The van der Waals surface area contributed by atoms with Crippen LogP contribution in [0, 0.1) is 5.82 Å². The van der Waals surface area contributed by atoms with E-state index < -0.39 is 5.82 Å². The highest BCUT2D eigenvalue weighted by Crippen LogP contribution is 2.32. The molecular weight excluding hydrogens is 369 g/mol. The van der Waals surface area contributed by atoms with Crippen LogP contribution in [-0.2, 0) is 11.2 Å². The quantitative estimate of drug-likeness (QED) is 0.675. The molecule has 1 atom stereocenters. The summed E-state index contributed by atoms with van der Waals surface area (Å²) in [6, 6.07) is 8.45. The van der Waals surface area contributed by atoms with Gasteiger partial charge in [-0.2, -0.15) is 0 Å². The molecule has 0 radical (unpaired) electrons. The van der Waals surface area contributed by atoms with Gasteiger partial charge < -0.3 is 14.8 Å². The van der Waals surface area contributed by atoms with Crippen LogP contribution in [0.5, 0.6) is 5.75 Å². The fourth-order valence-electron chi connectivity index (χ4n) is 3.11. The second-order valence-corrected chi connectivity index (χ2v) is 6.82. The van der Waals surface area contributed by atoms with Gasteiger partial charge in [0.25, 0.3) is 0 Å². The van der Waals surface area contributed by atoms with Crippen molar-refractivity contribution in [1.82, 2.24) is 9.97 Å².